The third kappa shape index (κ3) is 9.55. The topological polar surface area (TPSA) is 47.9 Å². The third-order valence-corrected chi connectivity index (χ3v) is 7.80. The first-order chi connectivity index (χ1) is 13.3. The second-order valence-corrected chi connectivity index (χ2v) is 12.9. The third-order valence-electron chi connectivity index (χ3n) is 5.34. The number of aliphatic hydroxyl groups is 1. The Morgan fingerprint density at radius 3 is 2.29 bits per heavy atom. The molecule has 0 aliphatic carbocycles. The van der Waals surface area contributed by atoms with Crippen molar-refractivity contribution in [2.45, 2.75) is 78.3 Å². The lowest BCUT2D eigenvalue weighted by atomic mass is 9.90. The first kappa shape index (κ1) is 25.2. The van der Waals surface area contributed by atoms with Crippen LogP contribution in [-0.4, -0.2) is 39.9 Å². The zero-order valence-corrected chi connectivity index (χ0v) is 19.9. The second kappa shape index (κ2) is 13.4. The van der Waals surface area contributed by atoms with Crippen LogP contribution < -0.4 is 4.74 Å². The monoisotopic (exact) mass is 410 g/mol. The van der Waals surface area contributed by atoms with Gasteiger partial charge in [-0.3, -0.25) is 0 Å². The lowest BCUT2D eigenvalue weighted by molar-refractivity contribution is 0.0100. The van der Waals surface area contributed by atoms with E-state index in [4.69, 9.17) is 13.9 Å². The number of methoxy groups -OCH3 is 1. The molecule has 0 aromatic heterocycles. The van der Waals surface area contributed by atoms with Crippen LogP contribution in [0.5, 0.6) is 5.75 Å². The largest absolute Gasteiger partial charge is 0.497 e. The van der Waals surface area contributed by atoms with Crippen molar-refractivity contribution in [1.29, 1.82) is 0 Å². The summed E-state index contributed by atoms with van der Waals surface area (Å²) >= 11 is 0. The molecule has 1 N–H and O–H groups in total. The van der Waals surface area contributed by atoms with Gasteiger partial charge < -0.3 is 19.0 Å². The van der Waals surface area contributed by atoms with E-state index in [2.05, 4.69) is 33.9 Å². The van der Waals surface area contributed by atoms with Gasteiger partial charge in [0.2, 0.25) is 0 Å². The van der Waals surface area contributed by atoms with Crippen molar-refractivity contribution in [2.75, 3.05) is 20.3 Å². The molecule has 0 aliphatic rings. The zero-order chi connectivity index (χ0) is 21.0. The lowest BCUT2D eigenvalue weighted by Gasteiger charge is -2.36. The summed E-state index contributed by atoms with van der Waals surface area (Å²) in [6, 6.07) is 9.22. The van der Waals surface area contributed by atoms with Crippen molar-refractivity contribution < 1.29 is 19.0 Å². The predicted molar refractivity (Wildman–Crippen MR) is 119 cm³/mol. The highest BCUT2D eigenvalue weighted by atomic mass is 28.4. The van der Waals surface area contributed by atoms with Crippen LogP contribution in [0.1, 0.15) is 52.0 Å². The van der Waals surface area contributed by atoms with Crippen molar-refractivity contribution in [2.24, 2.45) is 11.8 Å². The molecule has 4 nitrogen and oxygen atoms in total. The van der Waals surface area contributed by atoms with Crippen molar-refractivity contribution in [3.8, 4) is 5.75 Å². The van der Waals surface area contributed by atoms with Crippen LogP contribution in [0.25, 0.3) is 0 Å². The number of aliphatic hydroxyl groups excluding tert-OH is 1. The van der Waals surface area contributed by atoms with Crippen molar-refractivity contribution >= 4 is 8.32 Å². The predicted octanol–water partition coefficient (Wildman–Crippen LogP) is 5.65. The molecular weight excluding hydrogens is 368 g/mol. The van der Waals surface area contributed by atoms with Gasteiger partial charge in [0.1, 0.15) is 5.75 Å². The standard InChI is InChI=1S/C23H42O4Si/c1-7-8-16-28(5,6)27-23(19(2)10-9-15-24)20(3)17-26-18-21-11-13-22(25-4)14-12-21/h11-14,19-20,23-24H,7-10,15-18H2,1-6H3/t19-,20-,23+/m0/s1. The molecule has 0 heterocycles. The number of unbranched alkanes of at least 4 members (excludes halogenated alkanes) is 1. The fraction of sp³-hybridized carbons (Fsp3) is 0.739. The zero-order valence-electron chi connectivity index (χ0n) is 18.9. The average molecular weight is 411 g/mol. The molecule has 162 valence electrons. The quantitative estimate of drug-likeness (QED) is 0.380. The number of hydrogen-bond donors (Lipinski definition) is 1. The SMILES string of the molecule is CCCC[Si](C)(C)O[C@H]([C@@H](C)CCCO)[C@@H](C)COCc1ccc(OC)cc1. The first-order valence-corrected chi connectivity index (χ1v) is 13.9. The summed E-state index contributed by atoms with van der Waals surface area (Å²) in [5.41, 5.74) is 1.15. The highest BCUT2D eigenvalue weighted by molar-refractivity contribution is 6.71. The van der Waals surface area contributed by atoms with Gasteiger partial charge in [-0.15, -0.1) is 0 Å². The number of hydrogen-bond acceptors (Lipinski definition) is 4. The van der Waals surface area contributed by atoms with Crippen LogP contribution in [0.2, 0.25) is 19.1 Å². The van der Waals surface area contributed by atoms with Crippen LogP contribution in [0.4, 0.5) is 0 Å². The van der Waals surface area contributed by atoms with Crippen molar-refractivity contribution in [3.63, 3.8) is 0 Å². The van der Waals surface area contributed by atoms with E-state index in [9.17, 15) is 5.11 Å². The van der Waals surface area contributed by atoms with Gasteiger partial charge in [-0.2, -0.15) is 0 Å². The molecule has 0 unspecified atom stereocenters. The Morgan fingerprint density at radius 2 is 1.71 bits per heavy atom. The molecule has 0 fully saturated rings. The summed E-state index contributed by atoms with van der Waals surface area (Å²) in [7, 11) is -0.0206. The molecule has 0 radical (unpaired) electrons. The normalized spacial score (nSPS) is 15.2. The van der Waals surface area contributed by atoms with E-state index in [0.717, 1.165) is 24.2 Å². The fourth-order valence-electron chi connectivity index (χ4n) is 3.58. The number of rotatable bonds is 15. The van der Waals surface area contributed by atoms with Gasteiger partial charge in [0, 0.05) is 12.5 Å². The van der Waals surface area contributed by atoms with Gasteiger partial charge >= 0.3 is 0 Å². The second-order valence-electron chi connectivity index (χ2n) is 8.63. The lowest BCUT2D eigenvalue weighted by Crippen LogP contribution is -2.42. The summed E-state index contributed by atoms with van der Waals surface area (Å²) in [5, 5.41) is 9.22. The molecule has 28 heavy (non-hydrogen) atoms. The molecule has 1 rings (SSSR count). The summed E-state index contributed by atoms with van der Waals surface area (Å²) in [4.78, 5) is 0. The van der Waals surface area contributed by atoms with E-state index in [0.29, 0.717) is 25.0 Å². The molecule has 1 aromatic rings. The minimum absolute atomic E-state index is 0.181. The Balaban J connectivity index is 2.64. The average Bonchev–Trinajstić information content (AvgIpc) is 2.69. The molecule has 0 bridgehead atoms. The van der Waals surface area contributed by atoms with Gasteiger partial charge in [-0.05, 0) is 55.6 Å². The van der Waals surface area contributed by atoms with Crippen molar-refractivity contribution in [1.82, 2.24) is 0 Å². The van der Waals surface area contributed by atoms with E-state index < -0.39 is 8.32 Å². The minimum Gasteiger partial charge on any atom is -0.497 e. The minimum atomic E-state index is -1.70. The highest BCUT2D eigenvalue weighted by Crippen LogP contribution is 2.28. The molecule has 0 saturated heterocycles. The van der Waals surface area contributed by atoms with Crippen molar-refractivity contribution in [3.05, 3.63) is 29.8 Å². The Labute approximate surface area is 173 Å². The van der Waals surface area contributed by atoms with Crippen LogP contribution in [-0.2, 0) is 15.8 Å². The fourth-order valence-corrected chi connectivity index (χ4v) is 6.10. The van der Waals surface area contributed by atoms with Gasteiger partial charge in [0.15, 0.2) is 8.32 Å². The molecule has 0 aliphatic heterocycles. The molecule has 3 atom stereocenters. The molecule has 0 spiro atoms. The van der Waals surface area contributed by atoms with E-state index in [1.54, 1.807) is 7.11 Å². The molecule has 1 aromatic carbocycles. The van der Waals surface area contributed by atoms with Crippen LogP contribution in [0, 0.1) is 11.8 Å². The number of benzene rings is 1. The maximum Gasteiger partial charge on any atom is 0.187 e. The highest BCUT2D eigenvalue weighted by Gasteiger charge is 2.32. The summed E-state index contributed by atoms with van der Waals surface area (Å²) in [6.07, 6.45) is 4.45. The Bertz CT molecular complexity index is 518. The molecule has 0 saturated carbocycles. The van der Waals surface area contributed by atoms with Crippen LogP contribution in [0.3, 0.4) is 0 Å². The molecule has 0 amide bonds. The van der Waals surface area contributed by atoms with Gasteiger partial charge in [0.05, 0.1) is 26.4 Å². The maximum absolute atomic E-state index is 9.22. The van der Waals surface area contributed by atoms with Crippen LogP contribution >= 0.6 is 0 Å². The van der Waals surface area contributed by atoms with E-state index >= 15 is 0 Å². The number of ether oxygens (including phenoxy) is 2. The van der Waals surface area contributed by atoms with Crippen LogP contribution in [0.15, 0.2) is 24.3 Å². The summed E-state index contributed by atoms with van der Waals surface area (Å²) < 4.78 is 18.0. The Kier molecular flexibility index (Phi) is 12.0. The maximum atomic E-state index is 9.22. The Morgan fingerprint density at radius 1 is 1.04 bits per heavy atom. The van der Waals surface area contributed by atoms with E-state index in [1.165, 1.54) is 18.9 Å². The molecule has 5 heteroatoms. The van der Waals surface area contributed by atoms with Gasteiger partial charge in [0.25, 0.3) is 0 Å². The molecular formula is C23H42O4Si. The summed E-state index contributed by atoms with van der Waals surface area (Å²) in [6.45, 7) is 12.9. The Hall–Kier alpha value is -0.883. The smallest absolute Gasteiger partial charge is 0.187 e. The van der Waals surface area contributed by atoms with E-state index in [1.807, 2.05) is 24.3 Å². The van der Waals surface area contributed by atoms with E-state index in [-0.39, 0.29) is 12.7 Å². The summed E-state index contributed by atoms with van der Waals surface area (Å²) in [5.74, 6) is 1.60. The van der Waals surface area contributed by atoms with Gasteiger partial charge in [-0.1, -0.05) is 45.7 Å². The first-order valence-electron chi connectivity index (χ1n) is 10.8. The van der Waals surface area contributed by atoms with Gasteiger partial charge in [-0.25, -0.2) is 0 Å².